The van der Waals surface area contributed by atoms with Crippen LogP contribution in [-0.2, 0) is 0 Å². The highest BCUT2D eigenvalue weighted by molar-refractivity contribution is 4.91. The molecule has 1 unspecified atom stereocenters. The largest absolute Gasteiger partial charge is 0.363 e. The maximum atomic E-state index is 3.36. The van der Waals surface area contributed by atoms with Gasteiger partial charge < -0.3 is 10.2 Å². The van der Waals surface area contributed by atoms with Crippen LogP contribution >= 0.6 is 0 Å². The van der Waals surface area contributed by atoms with Crippen molar-refractivity contribution in [1.82, 2.24) is 15.5 Å². The van der Waals surface area contributed by atoms with E-state index in [-0.39, 0.29) is 0 Å². The molecule has 13 heavy (non-hydrogen) atoms. The lowest BCUT2D eigenvalue weighted by Crippen LogP contribution is -2.43. The average Bonchev–Trinajstić information content (AvgIpc) is 2.11. The Morgan fingerprint density at radius 2 is 2.15 bits per heavy atom. The zero-order valence-electron chi connectivity index (χ0n) is 9.30. The van der Waals surface area contributed by atoms with Crippen LogP contribution in [-0.4, -0.2) is 38.3 Å². The number of hydrogen-bond acceptors (Lipinski definition) is 3. The fraction of sp³-hybridized carbons (Fsp3) is 0.800. The first kappa shape index (κ1) is 12.5. The zero-order valence-corrected chi connectivity index (χ0v) is 9.30. The lowest BCUT2D eigenvalue weighted by Gasteiger charge is -2.31. The van der Waals surface area contributed by atoms with Crippen LogP contribution in [0.3, 0.4) is 0 Å². The van der Waals surface area contributed by atoms with Crippen molar-refractivity contribution in [3.05, 3.63) is 12.3 Å². The SMILES string of the molecule is CCCN1C=CCNC1C.CNC. The van der Waals surface area contributed by atoms with Gasteiger partial charge in [0.2, 0.25) is 0 Å². The second-order valence-electron chi connectivity index (χ2n) is 3.21. The lowest BCUT2D eigenvalue weighted by atomic mass is 10.3. The van der Waals surface area contributed by atoms with E-state index in [0.717, 1.165) is 13.1 Å². The molecule has 0 aliphatic carbocycles. The van der Waals surface area contributed by atoms with Gasteiger partial charge in [-0.3, -0.25) is 5.32 Å². The molecular formula is C10H23N3. The molecule has 0 saturated heterocycles. The van der Waals surface area contributed by atoms with Gasteiger partial charge >= 0.3 is 0 Å². The summed E-state index contributed by atoms with van der Waals surface area (Å²) in [6.45, 7) is 6.57. The quantitative estimate of drug-likeness (QED) is 0.672. The number of nitrogens with zero attached hydrogens (tertiary/aromatic N) is 1. The first-order chi connectivity index (χ1) is 6.26. The molecule has 78 valence electrons. The molecule has 1 aliphatic rings. The van der Waals surface area contributed by atoms with Gasteiger partial charge in [-0.2, -0.15) is 0 Å². The van der Waals surface area contributed by atoms with Gasteiger partial charge in [-0.1, -0.05) is 13.0 Å². The number of nitrogens with one attached hydrogen (secondary N) is 2. The van der Waals surface area contributed by atoms with Gasteiger partial charge in [-0.25, -0.2) is 0 Å². The molecule has 2 N–H and O–H groups in total. The maximum absolute atomic E-state index is 3.36. The van der Waals surface area contributed by atoms with Crippen LogP contribution in [0.1, 0.15) is 20.3 Å². The molecule has 1 rings (SSSR count). The van der Waals surface area contributed by atoms with E-state index in [2.05, 4.69) is 41.7 Å². The topological polar surface area (TPSA) is 27.3 Å². The maximum Gasteiger partial charge on any atom is 0.0763 e. The fourth-order valence-corrected chi connectivity index (χ4v) is 1.20. The Kier molecular flexibility index (Phi) is 7.74. The summed E-state index contributed by atoms with van der Waals surface area (Å²) >= 11 is 0. The molecule has 0 fully saturated rings. The van der Waals surface area contributed by atoms with E-state index >= 15 is 0 Å². The molecule has 3 heteroatoms. The zero-order chi connectivity index (χ0) is 10.1. The van der Waals surface area contributed by atoms with Crippen molar-refractivity contribution in [2.45, 2.75) is 26.4 Å². The third kappa shape index (κ3) is 5.66. The van der Waals surface area contributed by atoms with E-state index < -0.39 is 0 Å². The second kappa shape index (κ2) is 8.08. The lowest BCUT2D eigenvalue weighted by molar-refractivity contribution is 0.244. The summed E-state index contributed by atoms with van der Waals surface area (Å²) in [6, 6.07) is 0. The number of rotatable bonds is 2. The standard InChI is InChI=1S/C8H16N2.C2H7N/c1-3-6-10-7-4-5-9-8(10)2;1-3-2/h4,7-9H,3,5-6H2,1-2H3;3H,1-2H3. The van der Waals surface area contributed by atoms with Crippen molar-refractivity contribution < 1.29 is 0 Å². The third-order valence-electron chi connectivity index (χ3n) is 1.81. The molecule has 0 aromatic heterocycles. The minimum absolute atomic E-state index is 0.518. The highest BCUT2D eigenvalue weighted by Gasteiger charge is 2.09. The first-order valence-corrected chi connectivity index (χ1v) is 5.00. The van der Waals surface area contributed by atoms with E-state index in [0.29, 0.717) is 6.17 Å². The van der Waals surface area contributed by atoms with Crippen molar-refractivity contribution in [1.29, 1.82) is 0 Å². The highest BCUT2D eigenvalue weighted by atomic mass is 15.3. The van der Waals surface area contributed by atoms with Crippen molar-refractivity contribution in [2.24, 2.45) is 0 Å². The van der Waals surface area contributed by atoms with Gasteiger partial charge in [-0.15, -0.1) is 0 Å². The summed E-state index contributed by atoms with van der Waals surface area (Å²) in [4.78, 5) is 2.32. The van der Waals surface area contributed by atoms with Crippen LogP contribution in [0.5, 0.6) is 0 Å². The van der Waals surface area contributed by atoms with Crippen LogP contribution in [0, 0.1) is 0 Å². The monoisotopic (exact) mass is 185 g/mol. The summed E-state index contributed by atoms with van der Waals surface area (Å²) < 4.78 is 0. The molecule has 1 heterocycles. The first-order valence-electron chi connectivity index (χ1n) is 5.00. The Morgan fingerprint density at radius 1 is 1.54 bits per heavy atom. The minimum Gasteiger partial charge on any atom is -0.363 e. The summed E-state index contributed by atoms with van der Waals surface area (Å²) in [6.07, 6.45) is 6.08. The van der Waals surface area contributed by atoms with Crippen LogP contribution in [0.25, 0.3) is 0 Å². The van der Waals surface area contributed by atoms with Gasteiger partial charge in [-0.05, 0) is 33.6 Å². The van der Waals surface area contributed by atoms with Crippen LogP contribution in [0.4, 0.5) is 0 Å². The van der Waals surface area contributed by atoms with Gasteiger partial charge in [0.05, 0.1) is 6.17 Å². The van der Waals surface area contributed by atoms with E-state index in [1.807, 2.05) is 14.1 Å². The van der Waals surface area contributed by atoms with Crippen molar-refractivity contribution in [3.63, 3.8) is 0 Å². The molecule has 1 atom stereocenters. The Labute approximate surface area is 82.2 Å². The molecule has 0 aromatic rings. The molecular weight excluding hydrogens is 162 g/mol. The summed E-state index contributed by atoms with van der Waals surface area (Å²) in [5, 5.41) is 6.11. The Hall–Kier alpha value is -0.540. The van der Waals surface area contributed by atoms with Crippen molar-refractivity contribution in [3.8, 4) is 0 Å². The molecule has 0 bridgehead atoms. The summed E-state index contributed by atoms with van der Waals surface area (Å²) in [5.74, 6) is 0. The smallest absolute Gasteiger partial charge is 0.0763 e. The minimum atomic E-state index is 0.518. The van der Waals surface area contributed by atoms with Gasteiger partial charge in [0.25, 0.3) is 0 Å². The van der Waals surface area contributed by atoms with Gasteiger partial charge in [0.1, 0.15) is 0 Å². The molecule has 0 spiro atoms. The van der Waals surface area contributed by atoms with E-state index in [9.17, 15) is 0 Å². The normalized spacial score (nSPS) is 20.9. The molecule has 3 nitrogen and oxygen atoms in total. The van der Waals surface area contributed by atoms with Gasteiger partial charge in [0, 0.05) is 13.1 Å². The fourth-order valence-electron chi connectivity index (χ4n) is 1.20. The molecule has 1 aliphatic heterocycles. The van der Waals surface area contributed by atoms with Crippen LogP contribution < -0.4 is 10.6 Å². The molecule has 0 radical (unpaired) electrons. The molecule has 0 aromatic carbocycles. The van der Waals surface area contributed by atoms with Gasteiger partial charge in [0.15, 0.2) is 0 Å². The van der Waals surface area contributed by atoms with E-state index in [1.165, 1.54) is 6.42 Å². The predicted molar refractivity (Wildman–Crippen MR) is 58.6 cm³/mol. The molecule has 0 amide bonds. The summed E-state index contributed by atoms with van der Waals surface area (Å²) in [5.41, 5.74) is 0. The third-order valence-corrected chi connectivity index (χ3v) is 1.81. The van der Waals surface area contributed by atoms with E-state index in [4.69, 9.17) is 0 Å². The predicted octanol–water partition coefficient (Wildman–Crippen LogP) is 0.997. The van der Waals surface area contributed by atoms with E-state index in [1.54, 1.807) is 0 Å². The van der Waals surface area contributed by atoms with Crippen molar-refractivity contribution in [2.75, 3.05) is 27.2 Å². The molecule has 0 saturated carbocycles. The Morgan fingerprint density at radius 3 is 2.62 bits per heavy atom. The Bertz CT molecular complexity index is 134. The van der Waals surface area contributed by atoms with Crippen molar-refractivity contribution >= 4 is 0 Å². The Balaban J connectivity index is 0.000000424. The number of hydrogen-bond donors (Lipinski definition) is 2. The van der Waals surface area contributed by atoms with Crippen LogP contribution in [0.15, 0.2) is 12.3 Å². The average molecular weight is 185 g/mol. The summed E-state index contributed by atoms with van der Waals surface area (Å²) in [7, 11) is 3.75. The highest BCUT2D eigenvalue weighted by Crippen LogP contribution is 2.01. The van der Waals surface area contributed by atoms with Crippen LogP contribution in [0.2, 0.25) is 0 Å². The second-order valence-corrected chi connectivity index (χ2v) is 3.21.